The van der Waals surface area contributed by atoms with E-state index < -0.39 is 0 Å². The molecule has 1 unspecified atom stereocenters. The minimum absolute atomic E-state index is 0.0535. The molecule has 0 amide bonds. The topological polar surface area (TPSA) is 21.3 Å². The van der Waals surface area contributed by atoms with Crippen LogP contribution in [0.15, 0.2) is 24.3 Å². The van der Waals surface area contributed by atoms with Gasteiger partial charge in [0.2, 0.25) is 0 Å². The Kier molecular flexibility index (Phi) is 3.53. The van der Waals surface area contributed by atoms with Gasteiger partial charge in [-0.05, 0) is 24.7 Å². The highest BCUT2D eigenvalue weighted by Gasteiger charge is 2.05. The lowest BCUT2D eigenvalue weighted by Crippen LogP contribution is -2.17. The molecule has 0 saturated carbocycles. The summed E-state index contributed by atoms with van der Waals surface area (Å²) < 4.78 is 5.17. The lowest BCUT2D eigenvalue weighted by Gasteiger charge is -2.13. The molecule has 0 aliphatic carbocycles. The smallest absolute Gasteiger partial charge is 0.133 e. The zero-order valence-electron chi connectivity index (χ0n) is 7.17. The molecule has 0 spiro atoms. The molecule has 0 aromatic heterocycles. The first kappa shape index (κ1) is 9.52. The molecule has 0 radical (unpaired) electrons. The lowest BCUT2D eigenvalue weighted by atomic mass is 10.2. The fraction of sp³-hybridized carbons (Fsp3) is 0.333. The average molecular weight is 186 g/mol. The van der Waals surface area contributed by atoms with E-state index in [2.05, 4.69) is 5.32 Å². The van der Waals surface area contributed by atoms with Crippen LogP contribution in [0.2, 0.25) is 5.02 Å². The van der Waals surface area contributed by atoms with E-state index in [1.54, 1.807) is 7.11 Å². The predicted molar refractivity (Wildman–Crippen MR) is 50.3 cm³/mol. The molecular formula is C9H12ClNO. The first-order valence-electron chi connectivity index (χ1n) is 3.73. The van der Waals surface area contributed by atoms with Crippen molar-refractivity contribution in [1.29, 1.82) is 0 Å². The zero-order valence-corrected chi connectivity index (χ0v) is 7.93. The van der Waals surface area contributed by atoms with E-state index in [4.69, 9.17) is 16.3 Å². The Bertz CT molecular complexity index is 231. The van der Waals surface area contributed by atoms with Gasteiger partial charge in [-0.3, -0.25) is 5.32 Å². The number of nitrogens with one attached hydrogen (secondary N) is 1. The Hall–Kier alpha value is -0.570. The normalized spacial score (nSPS) is 12.9. The van der Waals surface area contributed by atoms with E-state index in [0.717, 1.165) is 10.6 Å². The summed E-state index contributed by atoms with van der Waals surface area (Å²) >= 11 is 5.74. The molecule has 0 fully saturated rings. The van der Waals surface area contributed by atoms with Crippen LogP contribution in [-0.2, 0) is 4.74 Å². The third kappa shape index (κ3) is 2.21. The lowest BCUT2D eigenvalue weighted by molar-refractivity contribution is 0.0809. The van der Waals surface area contributed by atoms with Gasteiger partial charge < -0.3 is 4.74 Å². The molecule has 1 rings (SSSR count). The first-order chi connectivity index (χ1) is 5.77. The number of hydrogen-bond acceptors (Lipinski definition) is 2. The summed E-state index contributed by atoms with van der Waals surface area (Å²) in [6.07, 6.45) is -0.0535. The van der Waals surface area contributed by atoms with Crippen molar-refractivity contribution >= 4 is 11.6 Å². The maximum absolute atomic E-state index is 5.74. The number of hydrogen-bond donors (Lipinski definition) is 1. The van der Waals surface area contributed by atoms with Gasteiger partial charge in [-0.25, -0.2) is 0 Å². The fourth-order valence-electron chi connectivity index (χ4n) is 1.06. The van der Waals surface area contributed by atoms with Crippen LogP contribution in [-0.4, -0.2) is 14.2 Å². The fourth-order valence-corrected chi connectivity index (χ4v) is 1.18. The number of ether oxygens (including phenoxy) is 1. The van der Waals surface area contributed by atoms with Crippen molar-refractivity contribution in [3.63, 3.8) is 0 Å². The molecule has 1 atom stereocenters. The maximum atomic E-state index is 5.74. The molecule has 0 bridgehead atoms. The predicted octanol–water partition coefficient (Wildman–Crippen LogP) is 2.20. The van der Waals surface area contributed by atoms with Gasteiger partial charge in [-0.1, -0.05) is 23.7 Å². The molecule has 66 valence electrons. The minimum atomic E-state index is -0.0535. The van der Waals surface area contributed by atoms with Crippen molar-refractivity contribution in [3.8, 4) is 0 Å². The van der Waals surface area contributed by atoms with Crippen LogP contribution >= 0.6 is 11.6 Å². The number of rotatable bonds is 3. The van der Waals surface area contributed by atoms with Crippen LogP contribution in [0.1, 0.15) is 11.8 Å². The van der Waals surface area contributed by atoms with Gasteiger partial charge in [-0.2, -0.15) is 0 Å². The quantitative estimate of drug-likeness (QED) is 0.730. The van der Waals surface area contributed by atoms with Crippen LogP contribution < -0.4 is 5.32 Å². The van der Waals surface area contributed by atoms with Gasteiger partial charge in [0.15, 0.2) is 0 Å². The Morgan fingerprint density at radius 1 is 1.33 bits per heavy atom. The molecule has 1 aromatic rings. The van der Waals surface area contributed by atoms with Crippen molar-refractivity contribution in [2.75, 3.05) is 14.2 Å². The SMILES string of the molecule is CNC(OC)c1ccc(Cl)cc1. The molecule has 0 heterocycles. The molecule has 2 nitrogen and oxygen atoms in total. The summed E-state index contributed by atoms with van der Waals surface area (Å²) in [4.78, 5) is 0. The molecule has 3 heteroatoms. The van der Waals surface area contributed by atoms with E-state index in [1.165, 1.54) is 0 Å². The minimum Gasteiger partial charge on any atom is -0.362 e. The number of methoxy groups -OCH3 is 1. The van der Waals surface area contributed by atoms with Gasteiger partial charge in [0.25, 0.3) is 0 Å². The summed E-state index contributed by atoms with van der Waals surface area (Å²) in [5.41, 5.74) is 1.07. The molecule has 0 saturated heterocycles. The van der Waals surface area contributed by atoms with Crippen LogP contribution in [0.5, 0.6) is 0 Å². The molecule has 12 heavy (non-hydrogen) atoms. The van der Waals surface area contributed by atoms with Gasteiger partial charge in [0, 0.05) is 12.1 Å². The molecule has 1 aromatic carbocycles. The summed E-state index contributed by atoms with van der Waals surface area (Å²) in [6, 6.07) is 7.57. The summed E-state index contributed by atoms with van der Waals surface area (Å²) in [6.45, 7) is 0. The largest absolute Gasteiger partial charge is 0.362 e. The van der Waals surface area contributed by atoms with Crippen molar-refractivity contribution in [2.24, 2.45) is 0 Å². The van der Waals surface area contributed by atoms with Crippen LogP contribution in [0.3, 0.4) is 0 Å². The highest BCUT2D eigenvalue weighted by molar-refractivity contribution is 6.30. The van der Waals surface area contributed by atoms with Crippen molar-refractivity contribution in [1.82, 2.24) is 5.32 Å². The maximum Gasteiger partial charge on any atom is 0.133 e. The highest BCUT2D eigenvalue weighted by atomic mass is 35.5. The number of benzene rings is 1. The van der Waals surface area contributed by atoms with Crippen molar-refractivity contribution in [3.05, 3.63) is 34.9 Å². The number of halogens is 1. The monoisotopic (exact) mass is 185 g/mol. The van der Waals surface area contributed by atoms with E-state index in [0.29, 0.717) is 0 Å². The van der Waals surface area contributed by atoms with Gasteiger partial charge in [0.05, 0.1) is 0 Å². The van der Waals surface area contributed by atoms with Gasteiger partial charge in [0.1, 0.15) is 6.23 Å². The van der Waals surface area contributed by atoms with Crippen LogP contribution in [0.4, 0.5) is 0 Å². The molecule has 0 aliphatic rings. The third-order valence-corrected chi connectivity index (χ3v) is 1.92. The van der Waals surface area contributed by atoms with E-state index >= 15 is 0 Å². The van der Waals surface area contributed by atoms with Gasteiger partial charge >= 0.3 is 0 Å². The van der Waals surface area contributed by atoms with Crippen LogP contribution in [0, 0.1) is 0 Å². The van der Waals surface area contributed by atoms with E-state index in [1.807, 2.05) is 31.3 Å². The van der Waals surface area contributed by atoms with Crippen LogP contribution in [0.25, 0.3) is 0 Å². The zero-order chi connectivity index (χ0) is 8.97. The standard InChI is InChI=1S/C9H12ClNO/c1-11-9(12-2)7-3-5-8(10)6-4-7/h3-6,9,11H,1-2H3. The second kappa shape index (κ2) is 4.45. The second-order valence-corrected chi connectivity index (χ2v) is 2.89. The van der Waals surface area contributed by atoms with Crippen molar-refractivity contribution < 1.29 is 4.74 Å². The highest BCUT2D eigenvalue weighted by Crippen LogP contribution is 2.16. The van der Waals surface area contributed by atoms with E-state index in [-0.39, 0.29) is 6.23 Å². The Morgan fingerprint density at radius 3 is 2.33 bits per heavy atom. The Balaban J connectivity index is 2.80. The average Bonchev–Trinajstić information content (AvgIpc) is 2.10. The molecule has 1 N–H and O–H groups in total. The summed E-state index contributed by atoms with van der Waals surface area (Å²) in [5, 5.41) is 3.76. The molecule has 0 aliphatic heterocycles. The summed E-state index contributed by atoms with van der Waals surface area (Å²) in [7, 11) is 3.51. The Labute approximate surface area is 77.5 Å². The molecular weight excluding hydrogens is 174 g/mol. The third-order valence-electron chi connectivity index (χ3n) is 1.67. The Morgan fingerprint density at radius 2 is 1.92 bits per heavy atom. The van der Waals surface area contributed by atoms with Gasteiger partial charge in [-0.15, -0.1) is 0 Å². The van der Waals surface area contributed by atoms with Crippen molar-refractivity contribution in [2.45, 2.75) is 6.23 Å². The van der Waals surface area contributed by atoms with E-state index in [9.17, 15) is 0 Å². The second-order valence-electron chi connectivity index (χ2n) is 2.46. The first-order valence-corrected chi connectivity index (χ1v) is 4.11. The summed E-state index contributed by atoms with van der Waals surface area (Å²) in [5.74, 6) is 0.